The quantitative estimate of drug-likeness (QED) is 0.203. The molecule has 170 valence electrons. The number of hydrazone groups is 1. The summed E-state index contributed by atoms with van der Waals surface area (Å²) in [6.07, 6.45) is 2.34. The Morgan fingerprint density at radius 1 is 1.12 bits per heavy atom. The highest BCUT2D eigenvalue weighted by Crippen LogP contribution is 2.31. The van der Waals surface area contributed by atoms with E-state index in [1.54, 1.807) is 12.1 Å². The first-order valence-corrected chi connectivity index (χ1v) is 11.4. The van der Waals surface area contributed by atoms with Crippen LogP contribution in [-0.2, 0) is 6.42 Å². The van der Waals surface area contributed by atoms with E-state index in [2.05, 4.69) is 15.8 Å². The molecule has 2 aromatic carbocycles. The average Bonchev–Trinajstić information content (AvgIpc) is 3.14. The number of carbonyl (C=O) groups is 1. The molecule has 0 amide bonds. The third kappa shape index (κ3) is 5.10. The van der Waals surface area contributed by atoms with Crippen LogP contribution in [0, 0.1) is 20.8 Å². The molecule has 0 saturated heterocycles. The smallest absolute Gasteiger partial charge is 0.379 e. The number of hydrogen-bond acceptors (Lipinski definition) is 5. The van der Waals surface area contributed by atoms with Crippen LogP contribution in [0.2, 0.25) is 5.02 Å². The van der Waals surface area contributed by atoms with E-state index < -0.39 is 5.97 Å². The van der Waals surface area contributed by atoms with Crippen molar-refractivity contribution in [3.63, 3.8) is 0 Å². The number of ether oxygens (including phenoxy) is 1. The number of nitrogens with zero attached hydrogens (tertiary/aromatic N) is 1. The topological polar surface area (TPSA) is 75.9 Å². The Labute approximate surface area is 203 Å². The molecule has 0 saturated carbocycles. The second kappa shape index (κ2) is 9.77. The fraction of sp³-hybridized carbons (Fsp3) is 0.240. The monoisotopic (exact) mass is 481 g/mol. The van der Waals surface area contributed by atoms with Gasteiger partial charge < -0.3 is 14.5 Å². The molecule has 8 heteroatoms. The van der Waals surface area contributed by atoms with E-state index >= 15 is 0 Å². The van der Waals surface area contributed by atoms with Crippen molar-refractivity contribution in [2.45, 2.75) is 40.0 Å². The van der Waals surface area contributed by atoms with E-state index in [0.29, 0.717) is 21.4 Å². The Morgan fingerprint density at radius 2 is 1.82 bits per heavy atom. The number of para-hydroxylation sites is 1. The van der Waals surface area contributed by atoms with E-state index in [1.165, 1.54) is 0 Å². The van der Waals surface area contributed by atoms with Gasteiger partial charge in [0.25, 0.3) is 0 Å². The lowest BCUT2D eigenvalue weighted by Gasteiger charge is -2.14. The minimum atomic E-state index is -0.545. The van der Waals surface area contributed by atoms with Crippen molar-refractivity contribution in [3.8, 4) is 5.75 Å². The first kappa shape index (κ1) is 23.0. The minimum Gasteiger partial charge on any atom is -0.453 e. The number of hydrogen-bond donors (Lipinski definition) is 2. The molecule has 0 radical (unpaired) electrons. The maximum Gasteiger partial charge on any atom is 0.379 e. The van der Waals surface area contributed by atoms with Gasteiger partial charge in [-0.1, -0.05) is 29.8 Å². The predicted octanol–water partition coefficient (Wildman–Crippen LogP) is 6.10. The molecule has 6 nitrogen and oxygen atoms in total. The van der Waals surface area contributed by atoms with E-state index in [4.69, 9.17) is 33.0 Å². The van der Waals surface area contributed by atoms with Gasteiger partial charge >= 0.3 is 5.97 Å². The lowest BCUT2D eigenvalue weighted by Crippen LogP contribution is -2.26. The molecule has 0 fully saturated rings. The molecule has 4 rings (SSSR count). The van der Waals surface area contributed by atoms with Crippen LogP contribution in [0.1, 0.15) is 51.4 Å². The lowest BCUT2D eigenvalue weighted by molar-refractivity contribution is 0.0698. The molecule has 0 spiro atoms. The Kier molecular flexibility index (Phi) is 6.81. The third-order valence-corrected chi connectivity index (χ3v) is 6.25. The number of anilines is 1. The van der Waals surface area contributed by atoms with Crippen molar-refractivity contribution in [1.29, 1.82) is 0 Å². The highest BCUT2D eigenvalue weighted by Gasteiger charge is 2.29. The van der Waals surface area contributed by atoms with Crippen LogP contribution in [0.25, 0.3) is 0 Å². The molecule has 3 aromatic rings. The number of aryl methyl sites for hydroxylation is 3. The van der Waals surface area contributed by atoms with Gasteiger partial charge in [-0.3, -0.25) is 5.43 Å². The number of rotatable bonds is 4. The zero-order valence-electron chi connectivity index (χ0n) is 18.6. The highest BCUT2D eigenvalue weighted by atomic mass is 35.5. The first-order valence-electron chi connectivity index (χ1n) is 10.6. The molecule has 0 atom stereocenters. The maximum atomic E-state index is 12.9. The summed E-state index contributed by atoms with van der Waals surface area (Å²) in [5, 5.41) is 8.64. The van der Waals surface area contributed by atoms with Crippen molar-refractivity contribution in [3.05, 3.63) is 81.3 Å². The number of carbonyl (C=O) groups excluding carboxylic acids is 1. The number of furan rings is 1. The summed E-state index contributed by atoms with van der Waals surface area (Å²) in [5.41, 5.74) is 7.81. The first-order chi connectivity index (χ1) is 15.8. The van der Waals surface area contributed by atoms with Crippen LogP contribution in [0.4, 0.5) is 5.69 Å². The molecular weight excluding hydrogens is 458 g/mol. The Hall–Kier alpha value is -3.16. The fourth-order valence-electron chi connectivity index (χ4n) is 3.89. The number of halogens is 1. The van der Waals surface area contributed by atoms with Crippen LogP contribution >= 0.6 is 23.8 Å². The van der Waals surface area contributed by atoms with Gasteiger partial charge in [-0.2, -0.15) is 5.10 Å². The molecule has 1 heterocycles. The van der Waals surface area contributed by atoms with Gasteiger partial charge in [0.2, 0.25) is 5.76 Å². The van der Waals surface area contributed by atoms with Gasteiger partial charge in [-0.15, -0.1) is 0 Å². The lowest BCUT2D eigenvalue weighted by atomic mass is 9.93. The van der Waals surface area contributed by atoms with Gasteiger partial charge in [0.1, 0.15) is 11.5 Å². The van der Waals surface area contributed by atoms with Gasteiger partial charge in [-0.05, 0) is 81.2 Å². The summed E-state index contributed by atoms with van der Waals surface area (Å²) in [5.74, 6) is 0.805. The van der Waals surface area contributed by atoms with Crippen molar-refractivity contribution in [2.75, 3.05) is 5.32 Å². The number of benzene rings is 2. The molecule has 0 bridgehead atoms. The molecule has 1 aromatic heterocycles. The van der Waals surface area contributed by atoms with Crippen LogP contribution < -0.4 is 15.5 Å². The van der Waals surface area contributed by atoms with Crippen LogP contribution in [-0.4, -0.2) is 16.8 Å². The highest BCUT2D eigenvalue weighted by molar-refractivity contribution is 7.80. The fourth-order valence-corrected chi connectivity index (χ4v) is 4.16. The summed E-state index contributed by atoms with van der Waals surface area (Å²) in [4.78, 5) is 12.9. The normalized spacial score (nSPS) is 14.0. The Bertz CT molecular complexity index is 1230. The second-order valence-corrected chi connectivity index (χ2v) is 8.75. The standard InChI is InChI=1S/C25H24ClN3O3S/c1-14-12-18(13-15(2)22(14)26)31-24(30)23-16(3)21-19(10-7-11-20(21)32-23)28-29-25(33)27-17-8-5-4-6-9-17/h4-6,8-9,12-13H,7,10-11H2,1-3H3,(H2,27,29,33)/b28-19+. The van der Waals surface area contributed by atoms with Crippen molar-refractivity contribution in [1.82, 2.24) is 5.43 Å². The summed E-state index contributed by atoms with van der Waals surface area (Å²) in [6.45, 7) is 5.59. The summed E-state index contributed by atoms with van der Waals surface area (Å²) in [7, 11) is 0. The Balaban J connectivity index is 1.53. The molecule has 0 aliphatic heterocycles. The SMILES string of the molecule is Cc1cc(OC(=O)c2oc3c(c2C)/C(=N/NC(=S)Nc2ccccc2)CCC3)cc(C)c1Cl. The van der Waals surface area contributed by atoms with Crippen LogP contribution in [0.15, 0.2) is 52.0 Å². The van der Waals surface area contributed by atoms with Crippen molar-refractivity contribution < 1.29 is 13.9 Å². The maximum absolute atomic E-state index is 12.9. The van der Waals surface area contributed by atoms with E-state index in [0.717, 1.165) is 53.1 Å². The number of esters is 1. The Morgan fingerprint density at radius 3 is 2.52 bits per heavy atom. The van der Waals surface area contributed by atoms with E-state index in [1.807, 2.05) is 51.1 Å². The number of nitrogens with one attached hydrogen (secondary N) is 2. The number of fused-ring (bicyclic) bond motifs is 1. The zero-order valence-corrected chi connectivity index (χ0v) is 20.2. The van der Waals surface area contributed by atoms with Crippen molar-refractivity contribution >= 4 is 46.3 Å². The number of thiocarbonyl (C=S) groups is 1. The molecular formula is C25H24ClN3O3S. The van der Waals surface area contributed by atoms with Crippen molar-refractivity contribution in [2.24, 2.45) is 5.10 Å². The molecule has 2 N–H and O–H groups in total. The van der Waals surface area contributed by atoms with Gasteiger partial charge in [0.05, 0.1) is 5.71 Å². The minimum absolute atomic E-state index is 0.185. The summed E-state index contributed by atoms with van der Waals surface area (Å²) >= 11 is 11.6. The summed E-state index contributed by atoms with van der Waals surface area (Å²) in [6, 6.07) is 13.1. The van der Waals surface area contributed by atoms with E-state index in [-0.39, 0.29) is 5.76 Å². The molecule has 1 aliphatic carbocycles. The molecule has 0 unspecified atom stereocenters. The van der Waals surface area contributed by atoms with E-state index in [9.17, 15) is 4.79 Å². The van der Waals surface area contributed by atoms with Crippen LogP contribution in [0.3, 0.4) is 0 Å². The predicted molar refractivity (Wildman–Crippen MR) is 135 cm³/mol. The van der Waals surface area contributed by atoms with Crippen LogP contribution in [0.5, 0.6) is 5.75 Å². The molecule has 33 heavy (non-hydrogen) atoms. The van der Waals surface area contributed by atoms with Gasteiger partial charge in [0.15, 0.2) is 5.11 Å². The van der Waals surface area contributed by atoms with Gasteiger partial charge in [0, 0.05) is 28.3 Å². The van der Waals surface area contributed by atoms with Gasteiger partial charge in [-0.25, -0.2) is 4.79 Å². The largest absolute Gasteiger partial charge is 0.453 e. The summed E-state index contributed by atoms with van der Waals surface area (Å²) < 4.78 is 11.5. The third-order valence-electron chi connectivity index (χ3n) is 5.46. The second-order valence-electron chi connectivity index (χ2n) is 7.96. The molecule has 1 aliphatic rings. The zero-order chi connectivity index (χ0) is 23.5. The average molecular weight is 482 g/mol.